The zero-order chi connectivity index (χ0) is 84.0. The first-order valence-corrected chi connectivity index (χ1v) is 36.3. The summed E-state index contributed by atoms with van der Waals surface area (Å²) in [5.74, 6) is -3.52. The predicted octanol–water partition coefficient (Wildman–Crippen LogP) is 21.7. The fourth-order valence-corrected chi connectivity index (χ4v) is 12.3. The van der Waals surface area contributed by atoms with Gasteiger partial charge in [-0.25, -0.2) is 18.8 Å². The monoisotopic (exact) mass is 1900 g/mol. The fourth-order valence-electron chi connectivity index (χ4n) is 8.88. The maximum atomic E-state index is 12.9. The Labute approximate surface area is 688 Å². The molecule has 0 radical (unpaired) electrons. The summed E-state index contributed by atoms with van der Waals surface area (Å²) in [5, 5.41) is 65.5. The molecule has 0 aliphatic carbocycles. The number of nitrogens with two attached hydrogens (primary N) is 1. The van der Waals surface area contributed by atoms with Gasteiger partial charge in [0.05, 0.1) is 98.6 Å². The van der Waals surface area contributed by atoms with Crippen molar-refractivity contribution in [2.75, 3.05) is 76.5 Å². The van der Waals surface area contributed by atoms with Gasteiger partial charge in [-0.15, -0.1) is 0 Å². The van der Waals surface area contributed by atoms with E-state index in [1.807, 2.05) is 31.2 Å². The maximum absolute atomic E-state index is 12.9. The molecule has 29 nitrogen and oxygen atoms in total. The Morgan fingerprint density at radius 1 is 0.422 bits per heavy atom. The van der Waals surface area contributed by atoms with E-state index in [9.17, 15) is 73.7 Å². The van der Waals surface area contributed by atoms with E-state index in [2.05, 4.69) is 85.0 Å². The normalized spacial score (nSPS) is 11.7. The first-order valence-electron chi connectivity index (χ1n) is 30.9. The van der Waals surface area contributed by atoms with E-state index in [4.69, 9.17) is 104 Å². The van der Waals surface area contributed by atoms with Gasteiger partial charge in [0.25, 0.3) is 22.7 Å². The van der Waals surface area contributed by atoms with E-state index in [1.165, 1.54) is 84.9 Å². The van der Waals surface area contributed by atoms with Crippen molar-refractivity contribution >= 4 is 208 Å². The number of nitrogen functional groups attached to an aromatic ring is 1. The highest BCUT2D eigenvalue weighted by Gasteiger charge is 2.38. The Kier molecular flexibility index (Phi) is 38.6. The van der Waals surface area contributed by atoms with Crippen LogP contribution in [0, 0.1) is 69.1 Å². The van der Waals surface area contributed by atoms with E-state index in [1.54, 1.807) is 81.5 Å². The van der Waals surface area contributed by atoms with Crippen molar-refractivity contribution in [2.45, 2.75) is 104 Å². The van der Waals surface area contributed by atoms with E-state index in [0.717, 1.165) is 11.6 Å². The van der Waals surface area contributed by atoms with Gasteiger partial charge in [-0.3, -0.25) is 50.6 Å². The molecule has 0 saturated carbocycles. The third-order valence-electron chi connectivity index (χ3n) is 13.6. The van der Waals surface area contributed by atoms with Crippen molar-refractivity contribution in [2.24, 2.45) is 0 Å². The first-order chi connectivity index (χ1) is 50.4. The van der Waals surface area contributed by atoms with Gasteiger partial charge >= 0.3 is 23.6 Å². The first kappa shape index (κ1) is 97.4. The molecular weight excluding hydrogens is 1830 g/mol. The minimum atomic E-state index is -1.17. The third kappa shape index (κ3) is 27.7. The Balaban J connectivity index is 0.000000460. The number of carbonyl (C=O) groups excluding carboxylic acids is 3. The Hall–Kier alpha value is -7.65. The summed E-state index contributed by atoms with van der Waals surface area (Å²) in [6.45, 7) is 18.0. The van der Waals surface area contributed by atoms with E-state index in [0.29, 0.717) is 46.4 Å². The highest BCUT2D eigenvalue weighted by Crippen LogP contribution is 2.48. The van der Waals surface area contributed by atoms with Crippen LogP contribution in [-0.4, -0.2) is 109 Å². The molecule has 3 unspecified atom stereocenters. The summed E-state index contributed by atoms with van der Waals surface area (Å²) >= 11 is 48.3. The topological polar surface area (TPSA) is 396 Å². The summed E-state index contributed by atoms with van der Waals surface area (Å²) < 4.78 is 59.2. The molecule has 0 spiro atoms. The van der Waals surface area contributed by atoms with Crippen LogP contribution in [0.4, 0.5) is 65.7 Å². The van der Waals surface area contributed by atoms with Crippen LogP contribution >= 0.6 is 133 Å². The molecule has 0 fully saturated rings. The number of anilines is 5. The smallest absolute Gasteiger partial charge is 0.339 e. The predicted molar refractivity (Wildman–Crippen MR) is 432 cm³/mol. The molecule has 109 heavy (non-hydrogen) atoms. The lowest BCUT2D eigenvalue weighted by atomic mass is 9.93. The fraction of sp³-hybridized carbons (Fsp3) is 0.338. The van der Waals surface area contributed by atoms with Gasteiger partial charge in [0.1, 0.15) is 22.7 Å². The average Bonchev–Trinajstić information content (AvgIpc) is 0.771. The second-order valence-electron chi connectivity index (χ2n) is 24.7. The number of hydrogen-bond acceptors (Lipinski definition) is 24. The molecule has 0 aromatic heterocycles. The zero-order valence-electron chi connectivity index (χ0n) is 60.9. The van der Waals surface area contributed by atoms with E-state index >= 15 is 0 Å². The molecule has 594 valence electrons. The van der Waals surface area contributed by atoms with Gasteiger partial charge in [0.2, 0.25) is 5.82 Å². The number of rotatable bonds is 19. The van der Waals surface area contributed by atoms with Gasteiger partial charge in [0, 0.05) is 93.1 Å². The van der Waals surface area contributed by atoms with Crippen molar-refractivity contribution in [1.29, 1.82) is 0 Å². The summed E-state index contributed by atoms with van der Waals surface area (Å²) in [6, 6.07) is 21.1. The lowest BCUT2D eigenvalue weighted by molar-refractivity contribution is -0.387. The second-order valence-corrected chi connectivity index (χ2v) is 30.3. The molecule has 7 rings (SSSR count). The molecule has 0 bridgehead atoms. The Morgan fingerprint density at radius 3 is 1.13 bits per heavy atom. The van der Waals surface area contributed by atoms with Crippen molar-refractivity contribution < 1.29 is 76.2 Å². The number of ether oxygens (including phenoxy) is 6. The van der Waals surface area contributed by atoms with Crippen LogP contribution in [0.5, 0.6) is 0 Å². The van der Waals surface area contributed by atoms with Crippen molar-refractivity contribution in [3.05, 3.63) is 217 Å². The number of hydrogen-bond donors (Lipinski definition) is 5. The minimum absolute atomic E-state index is 0.0215. The Morgan fingerprint density at radius 2 is 0.743 bits per heavy atom. The summed E-state index contributed by atoms with van der Waals surface area (Å²) in [4.78, 5) is 88.4. The minimum Gasteiger partial charge on any atom is -0.467 e. The van der Waals surface area contributed by atoms with Gasteiger partial charge in [-0.05, 0) is 158 Å². The number of nitrogens with zero attached hydrogens (tertiary/aromatic N) is 5. The molecule has 0 saturated heterocycles. The molecule has 0 amide bonds. The van der Waals surface area contributed by atoms with Crippen LogP contribution in [0.2, 0.25) is 30.1 Å². The summed E-state index contributed by atoms with van der Waals surface area (Å²) in [5.41, 5.74) is 5.68. The lowest BCUT2D eigenvalue weighted by Gasteiger charge is -2.28. The number of nitro groups is 5. The lowest BCUT2D eigenvalue weighted by Crippen LogP contribution is -2.29. The van der Waals surface area contributed by atoms with Crippen LogP contribution in [0.15, 0.2) is 103 Å². The molecule has 3 atom stereocenters. The molecule has 7 aromatic carbocycles. The largest absolute Gasteiger partial charge is 0.467 e. The quantitative estimate of drug-likeness (QED) is 0.0125. The molecular formula is C68H74Br4Cl6F2N10O19. The van der Waals surface area contributed by atoms with Crippen molar-refractivity contribution in [3.8, 4) is 11.1 Å². The number of esters is 3. The number of nitrogens with one attached hydrogen (secondary N) is 4. The zero-order valence-corrected chi connectivity index (χ0v) is 71.8. The SMILES string of the molecule is CNc1c([N+](=O)[O-])cc(-c2ccc(C)cc2)c(C(OC(C)(C)C)C(=O)OC)c1Cl.CNc1c([N+](=O)[O-])cc(Br)c(C(OC(C)(C)C)C(=O)OC)c1Cl.CNc1c([N+](=O)[O-])ccc(Br)c1Cl.CNc1c([N+](=O)[O-])ccc(C(OC(C)(C)C)C(=O)OC)c1Cl.Nc1ccc(Br)c(Cl)c1F.O=[N+]([O-])c1ccc(Br)c(Cl)c1F. The van der Waals surface area contributed by atoms with Crippen LogP contribution in [0.1, 0.15) is 103 Å². The number of aryl methyl sites for hydroxylation is 1. The molecule has 0 aliphatic rings. The van der Waals surface area contributed by atoms with E-state index < -0.39 is 95.0 Å². The Bertz CT molecular complexity index is 4480. The molecule has 0 heterocycles. The number of carbonyl (C=O) groups is 3. The molecule has 7 aromatic rings. The number of benzene rings is 7. The molecule has 41 heteroatoms. The number of nitro benzene ring substituents is 5. The van der Waals surface area contributed by atoms with Gasteiger partial charge < -0.3 is 55.4 Å². The third-order valence-corrected chi connectivity index (χ3v) is 19.3. The summed E-state index contributed by atoms with van der Waals surface area (Å²) in [7, 11) is 9.85. The maximum Gasteiger partial charge on any atom is 0.339 e. The standard InChI is InChI=1S/C21H25ClN2O5.C14H18BrClN2O5.C14H19ClN2O5.C7H6BrClN2O2.C6H2BrClFNO2.C6H4BrClFN/c1-12-7-9-13(10-8-12)14-11-15(24(26)27)18(23-5)17(22)16(14)19(20(25)28-6)29-21(2,3)4;1-14(2,3)23-12(13(19)22-5)9-7(15)6-8(18(20)21)11(17-4)10(9)16;1-14(2,3)22-12(13(18)21-5)8-6-7-9(17(19)20)11(16-4)10(8)15;1-10-7-5(11(12)13)3-2-4(8)6(7)9;7-3-1-2-4(10(11)12)6(9)5(3)8;7-3-1-2-4(10)6(9)5(3)8/h7-11,19,23H,1-6H3;6,12,17H,1-5H3;6-7,12,16H,1-5H3;2-3,10H,1H3;1-2H;1-2H,10H2. The summed E-state index contributed by atoms with van der Waals surface area (Å²) in [6.07, 6.45) is -3.38. The van der Waals surface area contributed by atoms with Gasteiger partial charge in [0.15, 0.2) is 24.1 Å². The van der Waals surface area contributed by atoms with Gasteiger partial charge in [-0.2, -0.15) is 4.39 Å². The number of methoxy groups -OCH3 is 3. The van der Waals surface area contributed by atoms with Crippen LogP contribution in [0.25, 0.3) is 11.1 Å². The average molecular weight is 1910 g/mol. The highest BCUT2D eigenvalue weighted by molar-refractivity contribution is 9.11. The van der Waals surface area contributed by atoms with Crippen molar-refractivity contribution in [3.63, 3.8) is 0 Å². The highest BCUT2D eigenvalue weighted by atomic mass is 79.9. The van der Waals surface area contributed by atoms with Crippen LogP contribution < -0.4 is 27.0 Å². The van der Waals surface area contributed by atoms with Crippen LogP contribution in [0.3, 0.4) is 0 Å². The van der Waals surface area contributed by atoms with Gasteiger partial charge in [-0.1, -0.05) is 115 Å². The van der Waals surface area contributed by atoms with Crippen LogP contribution in [-0.2, 0) is 42.8 Å². The van der Waals surface area contributed by atoms with E-state index in [-0.39, 0.29) is 80.6 Å². The van der Waals surface area contributed by atoms with Crippen molar-refractivity contribution in [1.82, 2.24) is 0 Å². The number of halogens is 12. The molecule has 6 N–H and O–H groups in total. The second kappa shape index (κ2) is 43.2. The molecule has 0 aliphatic heterocycles.